The first-order valence-electron chi connectivity index (χ1n) is 37.8. The zero-order chi connectivity index (χ0) is 86.0. The monoisotopic (exact) mass is 1720 g/mol. The zero-order valence-corrected chi connectivity index (χ0v) is 70.2. The number of aliphatic imine (C=N–C) groups is 1. The van der Waals surface area contributed by atoms with Gasteiger partial charge >= 0.3 is 7.12 Å². The molecule has 122 heavy (non-hydrogen) atoms. The fourth-order valence-corrected chi connectivity index (χ4v) is 14.0. The van der Waals surface area contributed by atoms with Crippen LogP contribution in [0.2, 0.25) is 19.6 Å². The lowest BCUT2D eigenvalue weighted by atomic mass is 9.80. The third-order valence-electron chi connectivity index (χ3n) is 18.8. The maximum atomic E-state index is 12.6. The van der Waals surface area contributed by atoms with Crippen molar-refractivity contribution in [3.63, 3.8) is 0 Å². The molecule has 1 spiro atoms. The molecule has 17 rings (SSSR count). The van der Waals surface area contributed by atoms with Gasteiger partial charge in [-0.05, 0) is 198 Å². The fraction of sp³-hybridized carbons (Fsp3) is 0.149. The first-order valence-corrected chi connectivity index (χ1v) is 42.1. The second kappa shape index (κ2) is 42.9. The zero-order valence-electron chi connectivity index (χ0n) is 66.8. The van der Waals surface area contributed by atoms with Gasteiger partial charge in [-0.15, -0.1) is 12.4 Å². The van der Waals surface area contributed by atoms with Crippen LogP contribution in [-0.4, -0.2) is 93.1 Å². The summed E-state index contributed by atoms with van der Waals surface area (Å²) in [5, 5.41) is 26.2. The maximum Gasteiger partial charge on any atom is 0.487 e. The molecular weight excluding hydrogens is 1640 g/mol. The number of nitrogens with one attached hydrogen (secondary N) is 1. The summed E-state index contributed by atoms with van der Waals surface area (Å²) in [4.78, 5) is 70.1. The topological polar surface area (TPSA) is 280 Å². The number of ketones is 2. The highest BCUT2D eigenvalue weighted by molar-refractivity contribution is 9.10. The van der Waals surface area contributed by atoms with E-state index in [2.05, 4.69) is 102 Å². The molecule has 5 unspecified atom stereocenters. The lowest BCUT2D eigenvalue weighted by Gasteiger charge is -2.36. The molecule has 9 heterocycles. The van der Waals surface area contributed by atoms with Crippen molar-refractivity contribution in [3.05, 3.63) is 387 Å². The van der Waals surface area contributed by atoms with Crippen molar-refractivity contribution in [2.24, 2.45) is 15.4 Å². The van der Waals surface area contributed by atoms with E-state index in [1.54, 1.807) is 86.0 Å². The highest BCUT2D eigenvalue weighted by atomic mass is 79.9. The number of hydrogen-bond donors (Lipinski definition) is 5. The smallest absolute Gasteiger partial charge is 0.483 e. The quantitative estimate of drug-likeness (QED) is 0.0389. The molecule has 5 aliphatic heterocycles. The Balaban J connectivity index is 0.000000159. The minimum Gasteiger partial charge on any atom is -0.483 e. The van der Waals surface area contributed by atoms with Crippen LogP contribution < -0.4 is 35.6 Å². The minimum atomic E-state index is -1.49. The van der Waals surface area contributed by atoms with Gasteiger partial charge in [0.2, 0.25) is 11.7 Å². The van der Waals surface area contributed by atoms with Crippen molar-refractivity contribution < 1.29 is 48.6 Å². The van der Waals surface area contributed by atoms with Gasteiger partial charge in [0.25, 0.3) is 0 Å². The Kier molecular flexibility index (Phi) is 31.6. The van der Waals surface area contributed by atoms with E-state index in [0.717, 1.165) is 83.1 Å². The number of carbonyl (C=O) groups excluding carboxylic acids is 2. The Morgan fingerprint density at radius 2 is 0.918 bits per heavy atom. The predicted octanol–water partition coefficient (Wildman–Crippen LogP) is 20.4. The van der Waals surface area contributed by atoms with Crippen LogP contribution in [0.1, 0.15) is 105 Å². The second-order valence-electron chi connectivity index (χ2n) is 28.2. The van der Waals surface area contributed by atoms with E-state index in [9.17, 15) is 9.59 Å². The molecule has 5 atom stereocenters. The molecule has 28 heteroatoms. The number of guanidine groups is 1. The molecule has 6 N–H and O–H groups in total. The number of halogens is 2. The van der Waals surface area contributed by atoms with Crippen molar-refractivity contribution in [3.8, 4) is 56.4 Å². The number of pyridine rings is 4. The van der Waals surface area contributed by atoms with E-state index in [-0.39, 0.29) is 54.8 Å². The summed E-state index contributed by atoms with van der Waals surface area (Å²) in [6.45, 7) is 45.4. The molecule has 0 bridgehead atoms. The van der Waals surface area contributed by atoms with Crippen LogP contribution in [0.4, 0.5) is 22.7 Å². The third kappa shape index (κ3) is 23.6. The number of ether oxygens (including phenoxy) is 4. The summed E-state index contributed by atoms with van der Waals surface area (Å²) >= 11 is 3.36. The second-order valence-corrected chi connectivity index (χ2v) is 33.7. The van der Waals surface area contributed by atoms with E-state index >= 15 is 0 Å². The highest BCUT2D eigenvalue weighted by Crippen LogP contribution is 2.51. The first kappa shape index (κ1) is 90.0. The Labute approximate surface area is 723 Å². The van der Waals surface area contributed by atoms with E-state index < -0.39 is 21.1 Å². The Morgan fingerprint density at radius 1 is 0.533 bits per heavy atom. The molecule has 5 aliphatic rings. The summed E-state index contributed by atoms with van der Waals surface area (Å²) in [6, 6.07) is 74.2. The molecule has 0 aliphatic carbocycles. The molecule has 8 aromatic carbocycles. The van der Waals surface area contributed by atoms with Crippen LogP contribution in [0, 0.1) is 32.9 Å². The number of rotatable bonds is 9. The van der Waals surface area contributed by atoms with Gasteiger partial charge in [-0.2, -0.15) is 0 Å². The summed E-state index contributed by atoms with van der Waals surface area (Å²) in [5.41, 5.74) is 22.1. The van der Waals surface area contributed by atoms with Crippen molar-refractivity contribution in [2.75, 3.05) is 14.1 Å². The van der Waals surface area contributed by atoms with Crippen molar-refractivity contribution in [1.29, 1.82) is 0 Å². The summed E-state index contributed by atoms with van der Waals surface area (Å²) in [5.74, 6) is 5.62. The number of nitrogens with two attached hydrogens (primary N) is 1. The van der Waals surface area contributed by atoms with Crippen molar-refractivity contribution >= 4 is 101 Å². The van der Waals surface area contributed by atoms with Crippen molar-refractivity contribution in [2.45, 2.75) is 75.5 Å². The van der Waals surface area contributed by atoms with Crippen LogP contribution in [0.5, 0.6) is 23.0 Å². The SMILES string of the molecule is C=C=N[Si](C)(C)C.CNO.Cl.O=C1CC(c2ccccn2)Oc2ccc(Br)cc21.[C-]#[N+]/C=C1/CC(c2ccccn2)Oc2ccc(-c3cccc([N+]#[C-])c3)cc21.[C-]#[N+]c1cccc(-c2ccc3c(c2)C(=O)CC(c2ccccn2)O3)c1.[C-]#[N+]c1cccc(-c2ccc3c(c2)C2(CC(c4ccccn4)O3)N=C(N)N(C)O2)c1.[C-]#[N+]c1cccc(B(O)O)c1. The lowest BCUT2D eigenvalue weighted by molar-refractivity contribution is -0.191. The number of benzene rings is 8. The van der Waals surface area contributed by atoms with Crippen molar-refractivity contribution in [1.82, 2.24) is 30.5 Å². The number of aromatic nitrogens is 4. The average Bonchev–Trinajstić information content (AvgIpc) is 1.53. The Morgan fingerprint density at radius 3 is 1.32 bits per heavy atom. The van der Waals surface area contributed by atoms with Gasteiger partial charge in [0.1, 0.15) is 47.4 Å². The molecule has 12 aromatic rings. The fourth-order valence-electron chi connectivity index (χ4n) is 13.2. The third-order valence-corrected chi connectivity index (χ3v) is 20.1. The predicted molar refractivity (Wildman–Crippen MR) is 480 cm³/mol. The molecule has 608 valence electrons. The van der Waals surface area contributed by atoms with E-state index in [0.29, 0.717) is 81.8 Å². The Hall–Kier alpha value is -14.3. The normalized spacial score (nSPS) is 16.6. The van der Waals surface area contributed by atoms with Gasteiger partial charge in [0.05, 0.1) is 85.2 Å². The molecule has 0 saturated carbocycles. The number of carbonyl (C=O) groups is 2. The lowest BCUT2D eigenvalue weighted by Crippen LogP contribution is -2.36. The van der Waals surface area contributed by atoms with Gasteiger partial charge in [-0.1, -0.05) is 137 Å². The van der Waals surface area contributed by atoms with Gasteiger partial charge in [-0.25, -0.2) is 44.6 Å². The van der Waals surface area contributed by atoms with Crippen LogP contribution >= 0.6 is 28.3 Å². The number of fused-ring (bicyclic) bond motifs is 5. The van der Waals surface area contributed by atoms with E-state index in [1.807, 2.05) is 194 Å². The standard InChI is InChI=1S/C23H19N5O2.C23H15N3O.C21H14N2O2.C14H10BrNO2.C7H6BNO2.C5H11NSi.CH5NO.ClH/c1-25-17-7-5-6-15(12-17)16-9-10-20-18(13-16)23(27-22(24)28(2)30-23)14-21(29-20)19-8-3-4-11-26-19;1-24-15-18-14-23(21-8-3-4-11-26-21)27-22-10-9-17(13-20(18)22)16-6-5-7-19(12-16)25-2;1-22-16-6-4-5-14(11-16)15-8-9-20-17(12-15)19(24)13-21(25-20)18-7-2-3-10-23-18;15-9-4-5-13-10(7-9)12(17)8-14(18-13)11-3-1-2-6-16-11;1-9-7-4-2-3-6(5-7)8(10)11;1-5-6-7(2,3)4;1-2-3;/h3-13,21H,14H2,2H3,(H2,24,27);3-13,15,23H,14H2;2-12,21H,13H2;1-7,14H,8H2;2-5,10-11H;1H2,2-4H3;2-3H,1H3;1H/b;18-15-;;;;;;. The maximum absolute atomic E-state index is 12.6. The molecule has 0 radical (unpaired) electrons. The number of hydrogen-bond acceptors (Lipinski definition) is 19. The molecule has 0 fully saturated rings. The van der Waals surface area contributed by atoms with E-state index in [4.69, 9.17) is 77.6 Å². The summed E-state index contributed by atoms with van der Waals surface area (Å²) in [7, 11) is 0.473. The van der Waals surface area contributed by atoms with Gasteiger partial charge < -0.3 is 39.9 Å². The summed E-state index contributed by atoms with van der Waals surface area (Å²) < 4.78 is 29.2. The molecule has 24 nitrogen and oxygen atoms in total. The van der Waals surface area contributed by atoms with Gasteiger partial charge in [0, 0.05) is 61.8 Å². The molecule has 4 aromatic heterocycles. The van der Waals surface area contributed by atoms with Crippen LogP contribution in [0.15, 0.2) is 294 Å². The van der Waals surface area contributed by atoms with Crippen LogP contribution in [-0.2, 0) is 10.6 Å². The molecule has 0 amide bonds. The van der Waals surface area contributed by atoms with Crippen LogP contribution in [0.3, 0.4) is 0 Å². The summed E-state index contributed by atoms with van der Waals surface area (Å²) in [6.07, 6.45) is 8.95. The van der Waals surface area contributed by atoms with Gasteiger partial charge in [0.15, 0.2) is 48.8 Å². The van der Waals surface area contributed by atoms with Crippen LogP contribution in [0.25, 0.3) is 63.2 Å². The number of nitrogens with zero attached hydrogens (tertiary/aromatic N) is 12. The van der Waals surface area contributed by atoms with E-state index in [1.165, 1.54) is 18.2 Å². The highest BCUT2D eigenvalue weighted by Gasteiger charge is 2.49. The van der Waals surface area contributed by atoms with Gasteiger partial charge in [-0.3, -0.25) is 34.2 Å². The Bertz CT molecular complexity index is 6060. The first-order chi connectivity index (χ1) is 58.5. The minimum absolute atomic E-state index is 0. The molecule has 0 saturated heterocycles. The number of Topliss-reactive ketones (excluding diaryl/α,β-unsaturated/α-hetero) is 2. The average molecular weight is 1720 g/mol. The molecular formula is C94H81BBrClN14O10Si. The largest absolute Gasteiger partial charge is 0.487 e. The number of hydroxylamine groups is 3.